The summed E-state index contributed by atoms with van der Waals surface area (Å²) in [7, 11) is 0. The number of hydrogen-bond donors (Lipinski definition) is 2. The molecule has 1 aromatic carbocycles. The van der Waals surface area contributed by atoms with Crippen LogP contribution in [0.1, 0.15) is 44.2 Å². The summed E-state index contributed by atoms with van der Waals surface area (Å²) in [5.74, 6) is -0.567. The molecule has 0 saturated heterocycles. The van der Waals surface area contributed by atoms with Crippen LogP contribution in [0.2, 0.25) is 0 Å². The van der Waals surface area contributed by atoms with Crippen molar-refractivity contribution in [1.29, 1.82) is 0 Å². The number of rotatable bonds is 12. The van der Waals surface area contributed by atoms with Gasteiger partial charge in [-0.15, -0.1) is 12.4 Å². The lowest BCUT2D eigenvalue weighted by atomic mass is 9.75. The van der Waals surface area contributed by atoms with Crippen LogP contribution in [0.3, 0.4) is 0 Å². The molecule has 0 amide bonds. The average molecular weight is 559 g/mol. The van der Waals surface area contributed by atoms with Crippen LogP contribution >= 0.6 is 12.4 Å². The number of benzene rings is 1. The molecular weight excluding hydrogens is 529 g/mol. The molecule has 2 unspecified atom stereocenters. The van der Waals surface area contributed by atoms with Crippen LogP contribution in [0, 0.1) is 11.3 Å². The van der Waals surface area contributed by atoms with Gasteiger partial charge in [0.1, 0.15) is 23.1 Å². The van der Waals surface area contributed by atoms with Crippen LogP contribution < -0.4 is 15.2 Å². The number of allylic oxidation sites excluding steroid dienone is 2. The first-order valence-electron chi connectivity index (χ1n) is 12.0. The largest absolute Gasteiger partial charge is 0.494 e. The molecule has 1 heterocycles. The molecule has 2 aliphatic carbocycles. The highest BCUT2D eigenvalue weighted by atomic mass is 35.5. The van der Waals surface area contributed by atoms with Gasteiger partial charge in [0.25, 0.3) is 0 Å². The zero-order valence-corrected chi connectivity index (χ0v) is 21.7. The Hall–Kier alpha value is -3.18. The van der Waals surface area contributed by atoms with Gasteiger partial charge >= 0.3 is 12.6 Å². The van der Waals surface area contributed by atoms with Crippen molar-refractivity contribution in [2.45, 2.75) is 51.9 Å². The average Bonchev–Trinajstić information content (AvgIpc) is 3.57. The fourth-order valence-electron chi connectivity index (χ4n) is 4.04. The van der Waals surface area contributed by atoms with E-state index in [0.29, 0.717) is 24.7 Å². The second-order valence-corrected chi connectivity index (χ2v) is 9.17. The van der Waals surface area contributed by atoms with Gasteiger partial charge in [0.15, 0.2) is 11.5 Å². The van der Waals surface area contributed by atoms with Crippen LogP contribution in [0.5, 0.6) is 11.5 Å². The lowest BCUT2D eigenvalue weighted by Gasteiger charge is -2.30. The van der Waals surface area contributed by atoms with Crippen molar-refractivity contribution in [3.63, 3.8) is 0 Å². The van der Waals surface area contributed by atoms with Gasteiger partial charge < -0.3 is 29.5 Å². The molecule has 0 spiro atoms. The maximum Gasteiger partial charge on any atom is 0.387 e. The Morgan fingerprint density at radius 2 is 2.03 bits per heavy atom. The van der Waals surface area contributed by atoms with Gasteiger partial charge in [-0.3, -0.25) is 4.79 Å². The maximum atomic E-state index is 15.3. The zero-order valence-electron chi connectivity index (χ0n) is 20.9. The lowest BCUT2D eigenvalue weighted by Crippen LogP contribution is -2.41. The van der Waals surface area contributed by atoms with Gasteiger partial charge in [-0.2, -0.15) is 8.78 Å². The van der Waals surface area contributed by atoms with Crippen molar-refractivity contribution in [1.82, 2.24) is 4.98 Å². The molecule has 1 fully saturated rings. The number of hydrogen-bond acceptors (Lipinski definition) is 7. The number of carbonyl (C=O) groups is 1. The first kappa shape index (κ1) is 29.4. The summed E-state index contributed by atoms with van der Waals surface area (Å²) in [6.07, 6.45) is 3.56. The van der Waals surface area contributed by atoms with Gasteiger partial charge in [-0.05, 0) is 63.0 Å². The van der Waals surface area contributed by atoms with Crippen LogP contribution in [0.15, 0.2) is 46.6 Å². The standard InChI is InChI=1S/C26H29F3N2O6.ClH/c1-3-34-17-8-9-26(24(32)33,21(27)11-17)12-18-22(14(2)30)37-23(31-18)16-6-7-19(36-25(28)29)20(10-16)35-13-15-4-5-15;/h6-11,14-15,21,25H,3-5,12-13,30H2,1-2H3,(H,32,33);1H/t14?,21?,26-;/m0./s1. The highest BCUT2D eigenvalue weighted by Gasteiger charge is 2.47. The number of ether oxygens (including phenoxy) is 3. The fourth-order valence-corrected chi connectivity index (χ4v) is 4.04. The topological polar surface area (TPSA) is 117 Å². The lowest BCUT2D eigenvalue weighted by molar-refractivity contribution is -0.148. The molecule has 208 valence electrons. The predicted molar refractivity (Wildman–Crippen MR) is 134 cm³/mol. The molecule has 4 rings (SSSR count). The number of alkyl halides is 3. The predicted octanol–water partition coefficient (Wildman–Crippen LogP) is 5.62. The van der Waals surface area contributed by atoms with Crippen LogP contribution in [-0.4, -0.2) is 42.1 Å². The second kappa shape index (κ2) is 12.1. The molecule has 8 nitrogen and oxygen atoms in total. The minimum absolute atomic E-state index is 0. The van der Waals surface area contributed by atoms with E-state index in [0.717, 1.165) is 18.9 Å². The van der Waals surface area contributed by atoms with Crippen molar-refractivity contribution in [2.75, 3.05) is 13.2 Å². The van der Waals surface area contributed by atoms with Crippen molar-refractivity contribution in [3.8, 4) is 23.0 Å². The van der Waals surface area contributed by atoms with Gasteiger partial charge in [0.2, 0.25) is 5.89 Å². The third kappa shape index (κ3) is 6.44. The number of carboxylic acids is 1. The van der Waals surface area contributed by atoms with Crippen LogP contribution in [0.25, 0.3) is 11.5 Å². The van der Waals surface area contributed by atoms with Gasteiger partial charge in [0.05, 0.1) is 24.9 Å². The summed E-state index contributed by atoms with van der Waals surface area (Å²) >= 11 is 0. The Kier molecular flexibility index (Phi) is 9.37. The first-order chi connectivity index (χ1) is 17.6. The Labute approximate surface area is 224 Å². The Bertz CT molecular complexity index is 1200. The zero-order chi connectivity index (χ0) is 26.7. The van der Waals surface area contributed by atoms with Crippen LogP contribution in [-0.2, 0) is 16.0 Å². The summed E-state index contributed by atoms with van der Waals surface area (Å²) in [6.45, 7) is 0.989. The number of halogens is 4. The summed E-state index contributed by atoms with van der Waals surface area (Å²) < 4.78 is 62.5. The van der Waals surface area contributed by atoms with Crippen molar-refractivity contribution in [3.05, 3.63) is 53.6 Å². The smallest absolute Gasteiger partial charge is 0.387 e. The van der Waals surface area contributed by atoms with Crippen LogP contribution in [0.4, 0.5) is 13.2 Å². The number of aliphatic carboxylic acids is 1. The van der Waals surface area contributed by atoms with Gasteiger partial charge in [-0.1, -0.05) is 6.08 Å². The molecule has 3 N–H and O–H groups in total. The summed E-state index contributed by atoms with van der Waals surface area (Å²) in [5.41, 5.74) is 4.66. The molecule has 0 aliphatic heterocycles. The molecule has 2 aliphatic rings. The fraction of sp³-hybridized carbons (Fsp3) is 0.462. The normalized spacial score (nSPS) is 21.4. The molecule has 0 bridgehead atoms. The quantitative estimate of drug-likeness (QED) is 0.345. The molecular formula is C26H30ClF3N2O6. The summed E-state index contributed by atoms with van der Waals surface area (Å²) in [4.78, 5) is 16.7. The van der Waals surface area contributed by atoms with E-state index in [9.17, 15) is 18.7 Å². The van der Waals surface area contributed by atoms with E-state index < -0.39 is 30.2 Å². The first-order valence-corrected chi connectivity index (χ1v) is 12.0. The van der Waals surface area contributed by atoms with Gasteiger partial charge in [-0.25, -0.2) is 9.37 Å². The molecule has 0 radical (unpaired) electrons. The Balaban J connectivity index is 0.00000400. The van der Waals surface area contributed by atoms with Gasteiger partial charge in [0, 0.05) is 12.0 Å². The van der Waals surface area contributed by atoms with E-state index in [2.05, 4.69) is 9.72 Å². The van der Waals surface area contributed by atoms with E-state index >= 15 is 4.39 Å². The molecule has 3 atom stereocenters. The summed E-state index contributed by atoms with van der Waals surface area (Å²) in [6, 6.07) is 3.56. The van der Waals surface area contributed by atoms with E-state index in [1.807, 2.05) is 0 Å². The van der Waals surface area contributed by atoms with E-state index in [1.54, 1.807) is 13.8 Å². The summed E-state index contributed by atoms with van der Waals surface area (Å²) in [5, 5.41) is 10.00. The monoisotopic (exact) mass is 558 g/mol. The van der Waals surface area contributed by atoms with E-state index in [1.165, 1.54) is 30.4 Å². The SMILES string of the molecule is CCOC1=CC(F)[C@](Cc2nc(-c3ccc(OC(F)F)c(OCC4CC4)c3)oc2C(C)N)(C(=O)O)C=C1.Cl. The van der Waals surface area contributed by atoms with Crippen molar-refractivity contribution >= 4 is 18.4 Å². The number of nitrogens with zero attached hydrogens (tertiary/aromatic N) is 1. The minimum Gasteiger partial charge on any atom is -0.494 e. The Morgan fingerprint density at radius 1 is 1.29 bits per heavy atom. The third-order valence-electron chi connectivity index (χ3n) is 6.24. The number of carboxylic acid groups (broad SMARTS) is 1. The second-order valence-electron chi connectivity index (χ2n) is 9.17. The number of oxazole rings is 1. The highest BCUT2D eigenvalue weighted by molar-refractivity contribution is 5.85. The van der Waals surface area contributed by atoms with Crippen molar-refractivity contribution in [2.24, 2.45) is 17.1 Å². The third-order valence-corrected chi connectivity index (χ3v) is 6.24. The maximum absolute atomic E-state index is 15.3. The molecule has 1 saturated carbocycles. The number of nitrogens with two attached hydrogens (primary N) is 1. The molecule has 38 heavy (non-hydrogen) atoms. The number of aromatic nitrogens is 1. The van der Waals surface area contributed by atoms with E-state index in [-0.39, 0.29) is 53.4 Å². The van der Waals surface area contributed by atoms with Crippen molar-refractivity contribution < 1.29 is 41.7 Å². The van der Waals surface area contributed by atoms with E-state index in [4.69, 9.17) is 19.6 Å². The molecule has 1 aromatic heterocycles. The molecule has 2 aromatic rings. The molecule has 12 heteroatoms. The highest BCUT2D eigenvalue weighted by Crippen LogP contribution is 2.40. The minimum atomic E-state index is -3.03. The Morgan fingerprint density at radius 3 is 2.61 bits per heavy atom.